The lowest BCUT2D eigenvalue weighted by atomic mass is 9.84. The molecule has 4 aromatic rings. The van der Waals surface area contributed by atoms with Crippen molar-refractivity contribution in [1.82, 2.24) is 40.4 Å². The number of fused-ring (bicyclic) bond motifs is 6. The smallest absolute Gasteiger partial charge is 0.324 e. The summed E-state index contributed by atoms with van der Waals surface area (Å²) < 4.78 is 14.3. The first-order chi connectivity index (χ1) is 32.1. The van der Waals surface area contributed by atoms with E-state index >= 15 is 0 Å². The van der Waals surface area contributed by atoms with Crippen molar-refractivity contribution >= 4 is 34.6 Å². The average Bonchev–Trinajstić information content (AvgIpc) is 3.85. The van der Waals surface area contributed by atoms with Gasteiger partial charge in [0.15, 0.2) is 0 Å². The third kappa shape index (κ3) is 9.32. The SMILES string of the molecule is CCn1c(-c2cccnc2[C@H](C)OC)c2c3cc(ccc31)-c1cc(O)cc(c1)C[C@H](NC(=O)[C@H](C(C)C)N1CC[C@]3(CCN(C[C@H]4CN4)C3)C1=O)C(=O)N1CCC[C@H](N1)C(=O)OCC(C)(C)C2. The number of cyclic esters (lactones) is 1. The number of phenols is 1. The molecule has 358 valence electrons. The normalized spacial score (nSPS) is 25.4. The summed E-state index contributed by atoms with van der Waals surface area (Å²) in [6.45, 7) is 17.3. The second-order valence-electron chi connectivity index (χ2n) is 20.8. The van der Waals surface area contributed by atoms with Gasteiger partial charge in [0.1, 0.15) is 23.9 Å². The Hall–Kier alpha value is -5.35. The van der Waals surface area contributed by atoms with Crippen molar-refractivity contribution in [2.24, 2.45) is 16.7 Å². The molecule has 67 heavy (non-hydrogen) atoms. The van der Waals surface area contributed by atoms with Crippen LogP contribution in [-0.4, -0.2) is 130 Å². The first kappa shape index (κ1) is 46.7. The Morgan fingerprint density at radius 1 is 1.04 bits per heavy atom. The number of rotatable bonds is 10. The number of hydrazine groups is 1. The number of carbonyl (C=O) groups is 4. The second kappa shape index (κ2) is 18.6. The Balaban J connectivity index is 1.10. The Morgan fingerprint density at radius 2 is 1.84 bits per heavy atom. The molecule has 9 rings (SSSR count). The minimum atomic E-state index is -1.10. The topological polar surface area (TPSA) is 181 Å². The summed E-state index contributed by atoms with van der Waals surface area (Å²) in [4.78, 5) is 66.9. The summed E-state index contributed by atoms with van der Waals surface area (Å²) in [6, 6.07) is 13.5. The fourth-order valence-corrected chi connectivity index (χ4v) is 11.3. The van der Waals surface area contributed by atoms with Gasteiger partial charge in [-0.3, -0.25) is 29.2 Å². The molecule has 5 aliphatic rings. The Kier molecular flexibility index (Phi) is 13.0. The van der Waals surface area contributed by atoms with Crippen LogP contribution in [0, 0.1) is 16.7 Å². The highest BCUT2D eigenvalue weighted by Crippen LogP contribution is 2.44. The minimum Gasteiger partial charge on any atom is -0.508 e. The highest BCUT2D eigenvalue weighted by Gasteiger charge is 2.54. The van der Waals surface area contributed by atoms with Gasteiger partial charge in [-0.05, 0) is 117 Å². The fourth-order valence-electron chi connectivity index (χ4n) is 11.3. The molecule has 0 radical (unpaired) electrons. The largest absolute Gasteiger partial charge is 0.508 e. The van der Waals surface area contributed by atoms with Gasteiger partial charge in [0.2, 0.25) is 11.8 Å². The Morgan fingerprint density at radius 3 is 2.58 bits per heavy atom. The molecule has 4 saturated heterocycles. The minimum absolute atomic E-state index is 0.00966. The summed E-state index contributed by atoms with van der Waals surface area (Å²) in [5.41, 5.74) is 9.30. The predicted molar refractivity (Wildman–Crippen MR) is 256 cm³/mol. The van der Waals surface area contributed by atoms with Gasteiger partial charge in [-0.1, -0.05) is 39.8 Å². The van der Waals surface area contributed by atoms with Gasteiger partial charge < -0.3 is 39.6 Å². The number of aryl methyl sites for hydroxylation is 1. The number of methoxy groups -OCH3 is 1. The number of phenolic OH excluding ortho intramolecular Hbond substituents is 1. The number of benzene rings is 2. The van der Waals surface area contributed by atoms with Gasteiger partial charge in [-0.15, -0.1) is 0 Å². The van der Waals surface area contributed by atoms with Crippen molar-refractivity contribution in [2.45, 2.75) is 117 Å². The fraction of sp³-hybridized carbons (Fsp3) is 0.558. The molecule has 2 aromatic heterocycles. The number of pyridine rings is 1. The zero-order chi connectivity index (χ0) is 47.4. The van der Waals surface area contributed by atoms with E-state index in [9.17, 15) is 24.3 Å². The molecule has 2 aromatic carbocycles. The molecular weight excluding hydrogens is 849 g/mol. The van der Waals surface area contributed by atoms with Crippen LogP contribution in [0.5, 0.6) is 5.75 Å². The number of likely N-dealkylation sites (tertiary alicyclic amines) is 2. The number of ether oxygens (including phenoxy) is 2. The molecule has 4 fully saturated rings. The van der Waals surface area contributed by atoms with Crippen LogP contribution < -0.4 is 16.1 Å². The van der Waals surface area contributed by atoms with Crippen molar-refractivity contribution in [3.05, 3.63) is 71.5 Å². The first-order valence-electron chi connectivity index (χ1n) is 24.4. The molecule has 7 heterocycles. The van der Waals surface area contributed by atoms with Crippen LogP contribution in [0.1, 0.15) is 90.2 Å². The van der Waals surface area contributed by atoms with E-state index < -0.39 is 46.7 Å². The predicted octanol–water partition coefficient (Wildman–Crippen LogP) is 5.37. The van der Waals surface area contributed by atoms with Gasteiger partial charge in [0.25, 0.3) is 5.91 Å². The van der Waals surface area contributed by atoms with E-state index in [0.717, 1.165) is 70.6 Å². The maximum Gasteiger partial charge on any atom is 0.324 e. The van der Waals surface area contributed by atoms with Crippen LogP contribution in [0.2, 0.25) is 0 Å². The third-order valence-electron chi connectivity index (χ3n) is 14.9. The van der Waals surface area contributed by atoms with E-state index in [1.165, 1.54) is 5.01 Å². The Labute approximate surface area is 393 Å². The number of hydrogen-bond acceptors (Lipinski definition) is 11. The van der Waals surface area contributed by atoms with Gasteiger partial charge in [-0.2, -0.15) is 0 Å². The zero-order valence-electron chi connectivity index (χ0n) is 40.2. The molecule has 6 bridgehead atoms. The monoisotopic (exact) mass is 917 g/mol. The van der Waals surface area contributed by atoms with Gasteiger partial charge in [-0.25, -0.2) is 5.43 Å². The Bertz CT molecular complexity index is 2550. The molecule has 3 amide bonds. The van der Waals surface area contributed by atoms with Crippen LogP contribution in [0.15, 0.2) is 54.7 Å². The van der Waals surface area contributed by atoms with Gasteiger partial charge >= 0.3 is 5.97 Å². The van der Waals surface area contributed by atoms with Crippen LogP contribution in [0.4, 0.5) is 0 Å². The molecule has 0 unspecified atom stereocenters. The highest BCUT2D eigenvalue weighted by atomic mass is 16.5. The van der Waals surface area contributed by atoms with Crippen molar-refractivity contribution in [3.63, 3.8) is 0 Å². The summed E-state index contributed by atoms with van der Waals surface area (Å²) in [5.74, 6) is -1.47. The highest BCUT2D eigenvalue weighted by molar-refractivity contribution is 5.96. The van der Waals surface area contributed by atoms with E-state index in [2.05, 4.69) is 70.6 Å². The molecule has 4 N–H and O–H groups in total. The summed E-state index contributed by atoms with van der Waals surface area (Å²) in [6.07, 6.45) is 4.59. The van der Waals surface area contributed by atoms with Gasteiger partial charge in [0, 0.05) is 86.9 Å². The molecule has 5 aliphatic heterocycles. The molecule has 15 nitrogen and oxygen atoms in total. The summed E-state index contributed by atoms with van der Waals surface area (Å²) in [5, 5.41) is 20.3. The van der Waals surface area contributed by atoms with Crippen molar-refractivity contribution in [3.8, 4) is 28.1 Å². The molecular formula is C52H68N8O7. The number of nitrogens with one attached hydrogen (secondary N) is 3. The molecule has 1 spiro atoms. The number of aromatic nitrogens is 2. The lowest BCUT2D eigenvalue weighted by Gasteiger charge is -2.37. The van der Waals surface area contributed by atoms with E-state index in [-0.39, 0.29) is 36.7 Å². The second-order valence-corrected chi connectivity index (χ2v) is 20.8. The third-order valence-corrected chi connectivity index (χ3v) is 14.9. The molecule has 6 atom stereocenters. The van der Waals surface area contributed by atoms with Crippen molar-refractivity contribution in [1.29, 1.82) is 0 Å². The molecule has 0 aliphatic carbocycles. The van der Waals surface area contributed by atoms with Crippen LogP contribution in [0.3, 0.4) is 0 Å². The number of nitrogens with zero attached hydrogens (tertiary/aromatic N) is 5. The number of aromatic hydroxyl groups is 1. The summed E-state index contributed by atoms with van der Waals surface area (Å²) in [7, 11) is 1.68. The zero-order valence-corrected chi connectivity index (χ0v) is 40.2. The van der Waals surface area contributed by atoms with Crippen molar-refractivity contribution < 1.29 is 33.8 Å². The average molecular weight is 917 g/mol. The van der Waals surface area contributed by atoms with Gasteiger partial charge in [0.05, 0.1) is 29.5 Å². The van der Waals surface area contributed by atoms with E-state index in [4.69, 9.17) is 14.5 Å². The standard InChI is InChI=1S/C52H68N8O7/c1-8-58-43-14-13-34-25-39(43)40(46(58)38-11-9-17-53-44(38)32(4)66-7)26-51(5,6)30-67-49(64)41-12-10-18-60(56-41)48(63)42(23-33-21-35(34)24-37(61)22-33)55-47(62)45(31(2)3)59-20-16-52(50(59)65)15-19-57(29-52)28-36-27-54-36/h9,11,13-14,17,21-22,24-25,31-32,36,41-42,45,54,56,61H,8,10,12,15-16,18-20,23,26-30H2,1-7H3,(H,55,62)/t32-,36+,41-,42-,45-,52-/m0/s1. The number of esters is 1. The molecule has 15 heteroatoms. The van der Waals surface area contributed by atoms with E-state index in [1.807, 2.05) is 32.9 Å². The van der Waals surface area contributed by atoms with Crippen molar-refractivity contribution in [2.75, 3.05) is 53.0 Å². The summed E-state index contributed by atoms with van der Waals surface area (Å²) >= 11 is 0. The van der Waals surface area contributed by atoms with Crippen LogP contribution >= 0.6 is 0 Å². The first-order valence-corrected chi connectivity index (χ1v) is 24.4. The van der Waals surface area contributed by atoms with Crippen LogP contribution in [0.25, 0.3) is 33.3 Å². The lowest BCUT2D eigenvalue weighted by Crippen LogP contribution is -2.62. The maximum absolute atomic E-state index is 14.8. The number of hydrogen-bond donors (Lipinski definition) is 4. The van der Waals surface area contributed by atoms with Crippen LogP contribution in [-0.2, 0) is 48.0 Å². The molecule has 0 saturated carbocycles. The van der Waals surface area contributed by atoms with E-state index in [1.54, 1.807) is 30.3 Å². The number of carbonyl (C=O) groups excluding carboxylic acids is 4. The maximum atomic E-state index is 14.8. The lowest BCUT2D eigenvalue weighted by molar-refractivity contribution is -0.155. The van der Waals surface area contributed by atoms with E-state index in [0.29, 0.717) is 63.5 Å². The number of amides is 3. The quantitative estimate of drug-likeness (QED) is 0.119.